The molecule has 0 fully saturated rings. The molecule has 0 unspecified atom stereocenters. The standard InChI is InChI=1S/C10H8F2/c1-3-8-4-6-9(7-5-8)10(2,11)12/h1,4-7H,2H3. The number of terminal acetylenes is 1. The number of benzene rings is 1. The van der Waals surface area contributed by atoms with Gasteiger partial charge in [0.05, 0.1) is 0 Å². The van der Waals surface area contributed by atoms with Gasteiger partial charge in [0.25, 0.3) is 5.92 Å². The predicted molar refractivity (Wildman–Crippen MR) is 43.9 cm³/mol. The molecule has 0 bridgehead atoms. The van der Waals surface area contributed by atoms with Crippen LogP contribution in [-0.2, 0) is 5.92 Å². The van der Waals surface area contributed by atoms with Crippen LogP contribution in [0.2, 0.25) is 0 Å². The zero-order valence-electron chi connectivity index (χ0n) is 6.64. The van der Waals surface area contributed by atoms with E-state index in [0.717, 1.165) is 6.92 Å². The van der Waals surface area contributed by atoms with Crippen LogP contribution in [0.3, 0.4) is 0 Å². The fourth-order valence-corrected chi connectivity index (χ4v) is 0.859. The van der Waals surface area contributed by atoms with Crippen molar-refractivity contribution in [2.75, 3.05) is 0 Å². The van der Waals surface area contributed by atoms with Gasteiger partial charge < -0.3 is 0 Å². The van der Waals surface area contributed by atoms with Crippen LogP contribution in [-0.4, -0.2) is 0 Å². The van der Waals surface area contributed by atoms with Crippen LogP contribution in [0.25, 0.3) is 0 Å². The number of hydrogen-bond acceptors (Lipinski definition) is 0. The van der Waals surface area contributed by atoms with E-state index in [-0.39, 0.29) is 5.56 Å². The first-order chi connectivity index (χ1) is 5.54. The predicted octanol–water partition coefficient (Wildman–Crippen LogP) is 2.78. The van der Waals surface area contributed by atoms with E-state index in [1.807, 2.05) is 0 Å². The summed E-state index contributed by atoms with van der Waals surface area (Å²) in [4.78, 5) is 0. The summed E-state index contributed by atoms with van der Waals surface area (Å²) in [7, 11) is 0. The second-order valence-corrected chi connectivity index (χ2v) is 2.61. The second kappa shape index (κ2) is 2.94. The van der Waals surface area contributed by atoms with Crippen molar-refractivity contribution >= 4 is 0 Å². The molecule has 0 amide bonds. The van der Waals surface area contributed by atoms with E-state index in [4.69, 9.17) is 6.42 Å². The van der Waals surface area contributed by atoms with E-state index < -0.39 is 5.92 Å². The first-order valence-corrected chi connectivity index (χ1v) is 3.49. The summed E-state index contributed by atoms with van der Waals surface area (Å²) in [5.41, 5.74) is 0.601. The van der Waals surface area contributed by atoms with Gasteiger partial charge in [-0.15, -0.1) is 6.42 Å². The Morgan fingerprint density at radius 2 is 1.75 bits per heavy atom. The van der Waals surface area contributed by atoms with E-state index in [2.05, 4.69) is 5.92 Å². The van der Waals surface area contributed by atoms with Crippen LogP contribution in [0, 0.1) is 12.3 Å². The summed E-state index contributed by atoms with van der Waals surface area (Å²) in [5.74, 6) is -0.424. The van der Waals surface area contributed by atoms with E-state index in [1.54, 1.807) is 0 Å². The molecule has 0 saturated carbocycles. The molecule has 0 nitrogen and oxygen atoms in total. The fraction of sp³-hybridized carbons (Fsp3) is 0.200. The lowest BCUT2D eigenvalue weighted by Gasteiger charge is -2.09. The van der Waals surface area contributed by atoms with Crippen LogP contribution in [0.15, 0.2) is 24.3 Å². The summed E-state index contributed by atoms with van der Waals surface area (Å²) < 4.78 is 25.3. The quantitative estimate of drug-likeness (QED) is 0.563. The number of rotatable bonds is 1. The van der Waals surface area contributed by atoms with Gasteiger partial charge in [-0.05, 0) is 12.1 Å². The molecule has 0 saturated heterocycles. The molecule has 2 heteroatoms. The van der Waals surface area contributed by atoms with E-state index in [0.29, 0.717) is 5.56 Å². The lowest BCUT2D eigenvalue weighted by molar-refractivity contribution is 0.0175. The Bertz CT molecular complexity index is 298. The molecule has 0 atom stereocenters. The van der Waals surface area contributed by atoms with Crippen molar-refractivity contribution in [2.24, 2.45) is 0 Å². The molecular formula is C10H8F2. The van der Waals surface area contributed by atoms with Gasteiger partial charge in [-0.1, -0.05) is 18.1 Å². The van der Waals surface area contributed by atoms with Crippen LogP contribution in [0.4, 0.5) is 8.78 Å². The third-order valence-electron chi connectivity index (χ3n) is 1.56. The Kier molecular flexibility index (Phi) is 2.14. The zero-order valence-corrected chi connectivity index (χ0v) is 6.64. The summed E-state index contributed by atoms with van der Waals surface area (Å²) in [6, 6.07) is 5.70. The topological polar surface area (TPSA) is 0 Å². The molecule has 0 N–H and O–H groups in total. The van der Waals surface area contributed by atoms with Crippen molar-refractivity contribution in [2.45, 2.75) is 12.8 Å². The summed E-state index contributed by atoms with van der Waals surface area (Å²) in [6.07, 6.45) is 5.07. The van der Waals surface area contributed by atoms with Gasteiger partial charge in [-0.3, -0.25) is 0 Å². The average molecular weight is 166 g/mol. The first-order valence-electron chi connectivity index (χ1n) is 3.49. The maximum absolute atomic E-state index is 12.6. The fourth-order valence-electron chi connectivity index (χ4n) is 0.859. The van der Waals surface area contributed by atoms with Gasteiger partial charge in [0.1, 0.15) is 0 Å². The van der Waals surface area contributed by atoms with Gasteiger partial charge in [0.2, 0.25) is 0 Å². The Labute approximate surface area is 70.2 Å². The van der Waals surface area contributed by atoms with Gasteiger partial charge >= 0.3 is 0 Å². The van der Waals surface area contributed by atoms with Gasteiger partial charge in [0.15, 0.2) is 0 Å². The Morgan fingerprint density at radius 3 is 2.08 bits per heavy atom. The van der Waals surface area contributed by atoms with Crippen molar-refractivity contribution in [1.29, 1.82) is 0 Å². The lowest BCUT2D eigenvalue weighted by atomic mass is 10.1. The second-order valence-electron chi connectivity index (χ2n) is 2.61. The molecule has 1 aromatic rings. The summed E-state index contributed by atoms with van der Waals surface area (Å²) in [6.45, 7) is 0.859. The summed E-state index contributed by atoms with van der Waals surface area (Å²) in [5, 5.41) is 0. The molecule has 0 aromatic heterocycles. The molecule has 0 radical (unpaired) electrons. The molecule has 1 aromatic carbocycles. The molecule has 1 rings (SSSR count). The normalized spacial score (nSPS) is 10.8. The highest BCUT2D eigenvalue weighted by Crippen LogP contribution is 2.26. The lowest BCUT2D eigenvalue weighted by Crippen LogP contribution is -2.06. The van der Waals surface area contributed by atoms with Gasteiger partial charge in [0, 0.05) is 18.1 Å². The van der Waals surface area contributed by atoms with E-state index in [9.17, 15) is 8.78 Å². The SMILES string of the molecule is C#Cc1ccc(C(C)(F)F)cc1. The van der Waals surface area contributed by atoms with Crippen molar-refractivity contribution < 1.29 is 8.78 Å². The Morgan fingerprint density at radius 1 is 1.25 bits per heavy atom. The maximum Gasteiger partial charge on any atom is 0.270 e. The third-order valence-corrected chi connectivity index (χ3v) is 1.56. The maximum atomic E-state index is 12.6. The molecule has 0 spiro atoms. The van der Waals surface area contributed by atoms with E-state index in [1.165, 1.54) is 24.3 Å². The van der Waals surface area contributed by atoms with Crippen molar-refractivity contribution in [3.63, 3.8) is 0 Å². The largest absolute Gasteiger partial charge is 0.270 e. The molecule has 0 aliphatic rings. The highest BCUT2D eigenvalue weighted by molar-refractivity contribution is 5.35. The van der Waals surface area contributed by atoms with Crippen molar-refractivity contribution in [3.05, 3.63) is 35.4 Å². The van der Waals surface area contributed by atoms with E-state index >= 15 is 0 Å². The van der Waals surface area contributed by atoms with Crippen LogP contribution in [0.1, 0.15) is 18.1 Å². The minimum Gasteiger partial charge on any atom is -0.202 e. The molecule has 0 aliphatic heterocycles. The average Bonchev–Trinajstić information content (AvgIpc) is 2.03. The molecule has 12 heavy (non-hydrogen) atoms. The molecule has 0 aliphatic carbocycles. The monoisotopic (exact) mass is 166 g/mol. The smallest absolute Gasteiger partial charge is 0.202 e. The minimum atomic E-state index is -2.78. The third kappa shape index (κ3) is 1.82. The number of halogens is 2. The highest BCUT2D eigenvalue weighted by Gasteiger charge is 2.23. The van der Waals surface area contributed by atoms with Gasteiger partial charge in [-0.25, -0.2) is 8.78 Å². The molecular weight excluding hydrogens is 158 g/mol. The molecule has 62 valence electrons. The summed E-state index contributed by atoms with van der Waals surface area (Å²) >= 11 is 0. The zero-order chi connectivity index (χ0) is 9.19. The van der Waals surface area contributed by atoms with Crippen molar-refractivity contribution in [1.82, 2.24) is 0 Å². The first kappa shape index (κ1) is 8.73. The number of hydrogen-bond donors (Lipinski definition) is 0. The molecule has 0 heterocycles. The Balaban J connectivity index is 3.02. The Hall–Kier alpha value is -1.36. The van der Waals surface area contributed by atoms with Crippen LogP contribution in [0.5, 0.6) is 0 Å². The number of alkyl halides is 2. The van der Waals surface area contributed by atoms with Gasteiger partial charge in [-0.2, -0.15) is 0 Å². The minimum absolute atomic E-state index is 0.0125. The highest BCUT2D eigenvalue weighted by atomic mass is 19.3. The van der Waals surface area contributed by atoms with Crippen LogP contribution >= 0.6 is 0 Å². The van der Waals surface area contributed by atoms with Crippen molar-refractivity contribution in [3.8, 4) is 12.3 Å². The van der Waals surface area contributed by atoms with Crippen LogP contribution < -0.4 is 0 Å².